The second-order valence-corrected chi connectivity index (χ2v) is 5.30. The van der Waals surface area contributed by atoms with E-state index in [1.165, 1.54) is 26.0 Å². The third kappa shape index (κ3) is 3.60. The number of rotatable bonds is 5. The third-order valence-electron chi connectivity index (χ3n) is 3.69. The van der Waals surface area contributed by atoms with E-state index in [4.69, 9.17) is 4.74 Å². The number of hydrogen-bond acceptors (Lipinski definition) is 5. The summed E-state index contributed by atoms with van der Waals surface area (Å²) in [4.78, 5) is 12.9. The molecule has 1 fully saturated rings. The van der Waals surface area contributed by atoms with Gasteiger partial charge in [-0.3, -0.25) is 10.1 Å². The van der Waals surface area contributed by atoms with Crippen molar-refractivity contribution in [2.24, 2.45) is 5.92 Å². The summed E-state index contributed by atoms with van der Waals surface area (Å²) in [5.41, 5.74) is 0.768. The Hall–Kier alpha value is -1.82. The van der Waals surface area contributed by atoms with Crippen molar-refractivity contribution in [3.05, 3.63) is 28.3 Å². The van der Waals surface area contributed by atoms with Crippen LogP contribution in [0.1, 0.15) is 12.8 Å². The summed E-state index contributed by atoms with van der Waals surface area (Å²) in [5.74, 6) is 0.882. The topological polar surface area (TPSA) is 67.6 Å². The van der Waals surface area contributed by atoms with Gasteiger partial charge in [-0.1, -0.05) is 0 Å². The fourth-order valence-electron chi connectivity index (χ4n) is 2.64. The second-order valence-electron chi connectivity index (χ2n) is 5.30. The van der Waals surface area contributed by atoms with Crippen LogP contribution in [0.25, 0.3) is 0 Å². The number of nitrogens with zero attached hydrogens (tertiary/aromatic N) is 2. The first kappa shape index (κ1) is 14.6. The molecule has 0 aromatic heterocycles. The quantitative estimate of drug-likeness (QED) is 0.662. The lowest BCUT2D eigenvalue weighted by molar-refractivity contribution is -0.385. The second kappa shape index (κ2) is 6.56. The molecule has 1 N–H and O–H groups in total. The Bertz CT molecular complexity index is 479. The van der Waals surface area contributed by atoms with Crippen molar-refractivity contribution in [1.82, 2.24) is 4.90 Å². The molecular formula is C14H21N3O3. The van der Waals surface area contributed by atoms with E-state index in [-0.39, 0.29) is 11.4 Å². The molecule has 1 saturated heterocycles. The number of nitro groups is 1. The van der Waals surface area contributed by atoms with Crippen LogP contribution in [0.3, 0.4) is 0 Å². The van der Waals surface area contributed by atoms with Crippen LogP contribution in [0.15, 0.2) is 18.2 Å². The van der Waals surface area contributed by atoms with Crippen LogP contribution in [-0.4, -0.2) is 43.6 Å². The molecule has 0 bridgehead atoms. The highest BCUT2D eigenvalue weighted by Crippen LogP contribution is 2.29. The minimum absolute atomic E-state index is 0.00161. The van der Waals surface area contributed by atoms with Crippen LogP contribution in [0.5, 0.6) is 5.75 Å². The summed E-state index contributed by atoms with van der Waals surface area (Å²) >= 11 is 0. The Morgan fingerprint density at radius 1 is 1.55 bits per heavy atom. The Morgan fingerprint density at radius 3 is 3.00 bits per heavy atom. The van der Waals surface area contributed by atoms with E-state index in [1.54, 1.807) is 6.07 Å². The van der Waals surface area contributed by atoms with Crippen LogP contribution in [0.4, 0.5) is 11.4 Å². The standard InChI is InChI=1S/C14H21N3O3/c1-16-7-3-4-11(10-16)9-15-12-5-6-14(20-2)13(8-12)17(18)19/h5-6,8,11,15H,3-4,7,9-10H2,1-2H3. The summed E-state index contributed by atoms with van der Waals surface area (Å²) in [6.07, 6.45) is 2.42. The average molecular weight is 279 g/mol. The van der Waals surface area contributed by atoms with Crippen LogP contribution in [0.2, 0.25) is 0 Å². The van der Waals surface area contributed by atoms with E-state index in [0.29, 0.717) is 5.92 Å². The van der Waals surface area contributed by atoms with Crippen molar-refractivity contribution >= 4 is 11.4 Å². The molecule has 1 aliphatic heterocycles. The molecule has 0 amide bonds. The minimum Gasteiger partial charge on any atom is -0.490 e. The van der Waals surface area contributed by atoms with E-state index in [9.17, 15) is 10.1 Å². The Kier molecular flexibility index (Phi) is 4.79. The predicted molar refractivity (Wildman–Crippen MR) is 78.4 cm³/mol. The molecule has 1 aromatic rings. The summed E-state index contributed by atoms with van der Waals surface area (Å²) in [6, 6.07) is 4.98. The fraction of sp³-hybridized carbons (Fsp3) is 0.571. The SMILES string of the molecule is COc1ccc(NCC2CCCN(C)C2)cc1[N+](=O)[O-]. The van der Waals surface area contributed by atoms with Crippen LogP contribution < -0.4 is 10.1 Å². The number of nitrogens with one attached hydrogen (secondary N) is 1. The number of piperidine rings is 1. The third-order valence-corrected chi connectivity index (χ3v) is 3.69. The van der Waals surface area contributed by atoms with Gasteiger partial charge in [-0.25, -0.2) is 0 Å². The average Bonchev–Trinajstić information content (AvgIpc) is 2.45. The normalized spacial score (nSPS) is 19.6. The van der Waals surface area contributed by atoms with Crippen LogP contribution in [0, 0.1) is 16.0 Å². The van der Waals surface area contributed by atoms with Gasteiger partial charge in [0.25, 0.3) is 0 Å². The molecule has 0 aliphatic carbocycles. The number of likely N-dealkylation sites (tertiary alicyclic amines) is 1. The number of ether oxygens (including phenoxy) is 1. The van der Waals surface area contributed by atoms with Gasteiger partial charge in [-0.2, -0.15) is 0 Å². The van der Waals surface area contributed by atoms with E-state index < -0.39 is 4.92 Å². The lowest BCUT2D eigenvalue weighted by Gasteiger charge is -2.29. The first-order chi connectivity index (χ1) is 9.60. The smallest absolute Gasteiger partial charge is 0.312 e. The number of nitro benzene ring substituents is 1. The molecule has 6 nitrogen and oxygen atoms in total. The number of benzene rings is 1. The zero-order valence-corrected chi connectivity index (χ0v) is 12.0. The summed E-state index contributed by atoms with van der Waals surface area (Å²) in [6.45, 7) is 3.07. The highest BCUT2D eigenvalue weighted by molar-refractivity contribution is 5.58. The van der Waals surface area contributed by atoms with Gasteiger partial charge >= 0.3 is 5.69 Å². The van der Waals surface area contributed by atoms with E-state index >= 15 is 0 Å². The van der Waals surface area contributed by atoms with Crippen molar-refractivity contribution in [3.8, 4) is 5.75 Å². The number of anilines is 1. The first-order valence-corrected chi connectivity index (χ1v) is 6.85. The number of methoxy groups -OCH3 is 1. The molecule has 2 rings (SSSR count). The number of hydrogen-bond donors (Lipinski definition) is 1. The molecule has 1 aromatic carbocycles. The predicted octanol–water partition coefficient (Wildman–Crippen LogP) is 2.36. The zero-order chi connectivity index (χ0) is 14.5. The van der Waals surface area contributed by atoms with Gasteiger partial charge in [-0.15, -0.1) is 0 Å². The molecule has 20 heavy (non-hydrogen) atoms. The zero-order valence-electron chi connectivity index (χ0n) is 12.0. The Morgan fingerprint density at radius 2 is 2.35 bits per heavy atom. The molecule has 1 unspecified atom stereocenters. The van der Waals surface area contributed by atoms with Crippen molar-refractivity contribution in [2.75, 3.05) is 39.1 Å². The van der Waals surface area contributed by atoms with Crippen molar-refractivity contribution in [1.29, 1.82) is 0 Å². The van der Waals surface area contributed by atoms with Gasteiger partial charge in [-0.05, 0) is 44.5 Å². The molecule has 6 heteroatoms. The van der Waals surface area contributed by atoms with Gasteiger partial charge in [0.1, 0.15) is 0 Å². The maximum Gasteiger partial charge on any atom is 0.312 e. The van der Waals surface area contributed by atoms with Crippen molar-refractivity contribution in [2.45, 2.75) is 12.8 Å². The summed E-state index contributed by atoms with van der Waals surface area (Å²) < 4.78 is 4.99. The molecule has 0 radical (unpaired) electrons. The largest absolute Gasteiger partial charge is 0.490 e. The van der Waals surface area contributed by atoms with E-state index in [2.05, 4.69) is 17.3 Å². The van der Waals surface area contributed by atoms with E-state index in [0.717, 1.165) is 25.3 Å². The lowest BCUT2D eigenvalue weighted by atomic mass is 9.98. The summed E-state index contributed by atoms with van der Waals surface area (Å²) in [5, 5.41) is 14.3. The Balaban J connectivity index is 1.99. The molecule has 1 aliphatic rings. The van der Waals surface area contributed by atoms with Gasteiger partial charge in [0.2, 0.25) is 0 Å². The molecule has 1 atom stereocenters. The molecule has 0 saturated carbocycles. The fourth-order valence-corrected chi connectivity index (χ4v) is 2.64. The molecular weight excluding hydrogens is 258 g/mol. The maximum atomic E-state index is 11.0. The van der Waals surface area contributed by atoms with Gasteiger partial charge in [0, 0.05) is 24.8 Å². The monoisotopic (exact) mass is 279 g/mol. The highest BCUT2D eigenvalue weighted by Gasteiger charge is 2.18. The maximum absolute atomic E-state index is 11.0. The first-order valence-electron chi connectivity index (χ1n) is 6.85. The Labute approximate surface area is 118 Å². The van der Waals surface area contributed by atoms with Crippen molar-refractivity contribution in [3.63, 3.8) is 0 Å². The van der Waals surface area contributed by atoms with Crippen LogP contribution in [-0.2, 0) is 0 Å². The van der Waals surface area contributed by atoms with Crippen molar-refractivity contribution < 1.29 is 9.66 Å². The molecule has 0 spiro atoms. The van der Waals surface area contributed by atoms with Gasteiger partial charge < -0.3 is 15.0 Å². The molecule has 1 heterocycles. The lowest BCUT2D eigenvalue weighted by Crippen LogP contribution is -2.35. The minimum atomic E-state index is -0.418. The summed E-state index contributed by atoms with van der Waals surface area (Å²) in [7, 11) is 3.57. The van der Waals surface area contributed by atoms with Gasteiger partial charge in [0.05, 0.1) is 12.0 Å². The van der Waals surface area contributed by atoms with Crippen LogP contribution >= 0.6 is 0 Å². The van der Waals surface area contributed by atoms with E-state index in [1.807, 2.05) is 6.07 Å². The molecule has 110 valence electrons. The van der Waals surface area contributed by atoms with Gasteiger partial charge in [0.15, 0.2) is 5.75 Å². The highest BCUT2D eigenvalue weighted by atomic mass is 16.6.